The van der Waals surface area contributed by atoms with Crippen LogP contribution >= 0.6 is 0 Å². The molecule has 2 saturated heterocycles. The van der Waals surface area contributed by atoms with E-state index in [2.05, 4.69) is 0 Å². The molecule has 3 heterocycles. The molecule has 0 amide bonds. The van der Waals surface area contributed by atoms with Crippen LogP contribution in [0.3, 0.4) is 0 Å². The second-order valence-corrected chi connectivity index (χ2v) is 18.0. The number of carboxylic acid groups (broad SMARTS) is 1. The average Bonchev–Trinajstić information content (AvgIpc) is 3.24. The molecular formula is C49H75NO17. The van der Waals surface area contributed by atoms with E-state index in [1.165, 1.54) is 13.0 Å². The van der Waals surface area contributed by atoms with Gasteiger partial charge in [0.25, 0.3) is 0 Å². The van der Waals surface area contributed by atoms with Gasteiger partial charge in [0.2, 0.25) is 0 Å². The summed E-state index contributed by atoms with van der Waals surface area (Å²) in [6.45, 7) is 6.75. The molecule has 378 valence electrons. The van der Waals surface area contributed by atoms with Gasteiger partial charge in [-0.05, 0) is 33.1 Å². The maximum absolute atomic E-state index is 12.6. The summed E-state index contributed by atoms with van der Waals surface area (Å²) in [4.78, 5) is 25.1. The minimum Gasteiger partial charge on any atom is -0.481 e. The van der Waals surface area contributed by atoms with Crippen LogP contribution in [0.15, 0.2) is 97.2 Å². The number of ether oxygens (including phenoxy) is 4. The third-order valence-corrected chi connectivity index (χ3v) is 12.2. The molecule has 0 aromatic heterocycles. The van der Waals surface area contributed by atoms with E-state index in [9.17, 15) is 65.8 Å². The number of carboxylic acids is 1. The van der Waals surface area contributed by atoms with Crippen LogP contribution in [0.2, 0.25) is 0 Å². The molecule has 3 aliphatic rings. The van der Waals surface area contributed by atoms with Gasteiger partial charge >= 0.3 is 11.9 Å². The van der Waals surface area contributed by atoms with Gasteiger partial charge in [0.05, 0.1) is 79.6 Å². The first-order valence-electron chi connectivity index (χ1n) is 23.0. The van der Waals surface area contributed by atoms with E-state index in [-0.39, 0.29) is 31.6 Å². The quantitative estimate of drug-likeness (QED) is 0.177. The number of fused-ring (bicyclic) bond motifs is 2. The number of esters is 1. The molecule has 3 rings (SSSR count). The SMILES string of the molecule is C[C@@H]1[C@H](O)[C@@H](C)\C=C/C=C\C=C/C=C\C=C/C=C\C=C\C=C/[C@H](O[C@@H]2O[C@H](C)[C@@H](O)[C@H](N)[C@@H]2O)C[C@@H]2O[C@](O)(C[C@@H](O)C[C@@H](O)[C@H](O)CC[C@@H](O)C[C@@H](O)CC(=O)O[C@H]1C)C[C@H](O)[C@H]2C(=O)O. The summed E-state index contributed by atoms with van der Waals surface area (Å²) in [6.07, 6.45) is 7.21. The zero-order valence-electron chi connectivity index (χ0n) is 38.7. The summed E-state index contributed by atoms with van der Waals surface area (Å²) < 4.78 is 23.2. The first-order chi connectivity index (χ1) is 31.6. The monoisotopic (exact) mass is 950 g/mol. The Morgan fingerprint density at radius 2 is 1.19 bits per heavy atom. The first kappa shape index (κ1) is 57.6. The molecule has 0 aliphatic carbocycles. The molecule has 13 N–H and O–H groups in total. The van der Waals surface area contributed by atoms with Crippen molar-refractivity contribution in [2.75, 3.05) is 0 Å². The predicted molar refractivity (Wildman–Crippen MR) is 246 cm³/mol. The van der Waals surface area contributed by atoms with E-state index in [1.807, 2.05) is 55.5 Å². The lowest BCUT2D eigenvalue weighted by Gasteiger charge is -2.45. The number of allylic oxidation sites excluding steroid dienone is 14. The molecule has 3 aliphatic heterocycles. The van der Waals surface area contributed by atoms with E-state index in [0.717, 1.165) is 0 Å². The first-order valence-corrected chi connectivity index (χ1v) is 23.0. The molecule has 18 nitrogen and oxygen atoms in total. The van der Waals surface area contributed by atoms with Crippen molar-refractivity contribution in [3.63, 3.8) is 0 Å². The summed E-state index contributed by atoms with van der Waals surface area (Å²) in [5, 5.41) is 118. The Balaban J connectivity index is 1.85. The Hall–Kier alpha value is -3.70. The maximum Gasteiger partial charge on any atom is 0.311 e. The predicted octanol–water partition coefficient (Wildman–Crippen LogP) is 1.27. The molecule has 0 spiro atoms. The lowest BCUT2D eigenvalue weighted by atomic mass is 9.82. The Bertz CT molecular complexity index is 1750. The van der Waals surface area contributed by atoms with Gasteiger partial charge in [-0.15, -0.1) is 0 Å². The zero-order chi connectivity index (χ0) is 49.8. The van der Waals surface area contributed by atoms with Crippen LogP contribution < -0.4 is 5.73 Å². The van der Waals surface area contributed by atoms with Gasteiger partial charge in [0.1, 0.15) is 18.1 Å². The number of hydrogen-bond donors (Lipinski definition) is 12. The fourth-order valence-corrected chi connectivity index (χ4v) is 8.10. The minimum atomic E-state index is -2.33. The molecular weight excluding hydrogens is 875 g/mol. The van der Waals surface area contributed by atoms with Crippen molar-refractivity contribution in [3.8, 4) is 0 Å². The van der Waals surface area contributed by atoms with Crippen LogP contribution in [0.5, 0.6) is 0 Å². The zero-order valence-corrected chi connectivity index (χ0v) is 38.7. The summed E-state index contributed by atoms with van der Waals surface area (Å²) in [7, 11) is 0. The third-order valence-electron chi connectivity index (χ3n) is 12.2. The smallest absolute Gasteiger partial charge is 0.311 e. The standard InChI is InChI=1S/C49H75NO17/c1-29-19-17-15-13-11-9-7-5-6-8-10-12-14-16-18-20-36(66-48-46(60)43(50)45(59)32(4)65-48)26-40-42(47(61)62)39(56)28-49(63,67-40)27-35(53)24-38(55)37(54)22-21-33(51)23-34(52)25-41(57)64-31(3)30(2)44(29)58/h5-20,29-40,42-46,48,51-56,58-60,63H,21-28,50H2,1-4H3,(H,61,62)/b7-5-,8-6-,11-9-,12-10-,15-13-,16-14+,19-17-,20-18-/t29-,30-,31-,32+,33+,34+,35-,36-,37+,38+,39-,40-,42+,43-,44+,45+,46-,48-,49+/m0/s1. The lowest BCUT2D eigenvalue weighted by Crippen LogP contribution is -2.61. The number of hydrogen-bond acceptors (Lipinski definition) is 17. The Labute approximate surface area is 393 Å². The van der Waals surface area contributed by atoms with Gasteiger partial charge in [-0.25, -0.2) is 0 Å². The molecule has 0 aromatic carbocycles. The molecule has 0 unspecified atom stereocenters. The van der Waals surface area contributed by atoms with Crippen molar-refractivity contribution in [1.29, 1.82) is 0 Å². The maximum atomic E-state index is 12.6. The second kappa shape index (κ2) is 28.7. The van der Waals surface area contributed by atoms with Crippen LogP contribution in [-0.2, 0) is 28.5 Å². The third kappa shape index (κ3) is 19.7. The van der Waals surface area contributed by atoms with Crippen LogP contribution in [0.25, 0.3) is 0 Å². The number of aliphatic hydroxyl groups excluding tert-OH is 9. The van der Waals surface area contributed by atoms with Crippen LogP contribution in [0.4, 0.5) is 0 Å². The number of aliphatic hydroxyl groups is 10. The number of cyclic esters (lactones) is 1. The molecule has 67 heavy (non-hydrogen) atoms. The normalized spacial score (nSPS) is 45.1. The highest BCUT2D eigenvalue weighted by Gasteiger charge is 2.51. The topological polar surface area (TPSA) is 320 Å². The van der Waals surface area contributed by atoms with Crippen molar-refractivity contribution in [2.24, 2.45) is 23.5 Å². The van der Waals surface area contributed by atoms with Crippen molar-refractivity contribution in [1.82, 2.24) is 0 Å². The van der Waals surface area contributed by atoms with Crippen LogP contribution in [0.1, 0.15) is 79.1 Å². The molecule has 0 aromatic rings. The number of rotatable bonds is 3. The molecule has 18 heteroatoms. The highest BCUT2D eigenvalue weighted by molar-refractivity contribution is 5.71. The second-order valence-electron chi connectivity index (χ2n) is 18.0. The van der Waals surface area contributed by atoms with E-state index in [1.54, 1.807) is 56.4 Å². The van der Waals surface area contributed by atoms with Gasteiger partial charge in [-0.1, -0.05) is 111 Å². The van der Waals surface area contributed by atoms with Gasteiger partial charge < -0.3 is 80.9 Å². The Morgan fingerprint density at radius 1 is 0.642 bits per heavy atom. The van der Waals surface area contributed by atoms with E-state index in [0.29, 0.717) is 0 Å². The number of carbonyl (C=O) groups is 2. The van der Waals surface area contributed by atoms with E-state index < -0.39 is 147 Å². The van der Waals surface area contributed by atoms with E-state index >= 15 is 0 Å². The summed E-state index contributed by atoms with van der Waals surface area (Å²) in [5.74, 6) is -6.83. The average molecular weight is 950 g/mol. The molecule has 2 fully saturated rings. The van der Waals surface area contributed by atoms with Gasteiger partial charge in [-0.3, -0.25) is 9.59 Å². The minimum absolute atomic E-state index is 0.110. The fraction of sp³-hybridized carbons (Fsp3) is 0.633. The number of carbonyl (C=O) groups excluding carboxylic acids is 1. The van der Waals surface area contributed by atoms with Crippen molar-refractivity contribution in [3.05, 3.63) is 97.2 Å². The van der Waals surface area contributed by atoms with Gasteiger partial charge in [0.15, 0.2) is 12.1 Å². The molecule has 0 saturated carbocycles. The number of aliphatic carboxylic acids is 1. The molecule has 0 radical (unpaired) electrons. The summed E-state index contributed by atoms with van der Waals surface area (Å²) >= 11 is 0. The summed E-state index contributed by atoms with van der Waals surface area (Å²) in [5.41, 5.74) is 6.02. The van der Waals surface area contributed by atoms with E-state index in [4.69, 9.17) is 24.7 Å². The number of nitrogens with two attached hydrogens (primary N) is 1. The van der Waals surface area contributed by atoms with Crippen molar-refractivity contribution >= 4 is 11.9 Å². The Kier molecular flexibility index (Phi) is 24.7. The Morgan fingerprint density at radius 3 is 1.76 bits per heavy atom. The summed E-state index contributed by atoms with van der Waals surface area (Å²) in [6, 6.07) is -1.15. The highest BCUT2D eigenvalue weighted by Crippen LogP contribution is 2.38. The highest BCUT2D eigenvalue weighted by atomic mass is 16.7. The van der Waals surface area contributed by atoms with Crippen LogP contribution in [-0.4, -0.2) is 166 Å². The molecule has 19 atom stereocenters. The lowest BCUT2D eigenvalue weighted by molar-refractivity contribution is -0.308. The van der Waals surface area contributed by atoms with Gasteiger partial charge in [0, 0.05) is 37.5 Å². The fourth-order valence-electron chi connectivity index (χ4n) is 8.10. The largest absolute Gasteiger partial charge is 0.481 e. The van der Waals surface area contributed by atoms with Crippen molar-refractivity contribution < 1.29 is 84.7 Å². The van der Waals surface area contributed by atoms with Crippen molar-refractivity contribution in [2.45, 2.75) is 177 Å². The molecule has 2 bridgehead atoms. The van der Waals surface area contributed by atoms with Gasteiger partial charge in [-0.2, -0.15) is 0 Å². The van der Waals surface area contributed by atoms with Crippen LogP contribution in [0, 0.1) is 17.8 Å².